The molecule has 108 valence electrons. The van der Waals surface area contributed by atoms with Gasteiger partial charge in [-0.05, 0) is 30.1 Å². The largest absolute Gasteiger partial charge is 0.103 e. The molecule has 0 saturated carbocycles. The van der Waals surface area contributed by atoms with E-state index in [0.717, 1.165) is 0 Å². The van der Waals surface area contributed by atoms with Gasteiger partial charge in [0.2, 0.25) is 0 Å². The van der Waals surface area contributed by atoms with E-state index in [2.05, 4.69) is 47.3 Å². The van der Waals surface area contributed by atoms with Crippen LogP contribution in [0.15, 0.2) is 12.7 Å². The van der Waals surface area contributed by atoms with Crippen molar-refractivity contribution in [2.45, 2.75) is 92.4 Å². The summed E-state index contributed by atoms with van der Waals surface area (Å²) in [5.74, 6) is 0. The smallest absolute Gasteiger partial charge is 0.0121 e. The van der Waals surface area contributed by atoms with Gasteiger partial charge < -0.3 is 0 Å². The first-order chi connectivity index (χ1) is 8.49. The van der Waals surface area contributed by atoms with Gasteiger partial charge in [-0.3, -0.25) is 0 Å². The Bertz CT molecular complexity index is 190. The van der Waals surface area contributed by atoms with Gasteiger partial charge in [-0.15, -0.1) is 6.58 Å². The minimum absolute atomic E-state index is 0.270. The van der Waals surface area contributed by atoms with Gasteiger partial charge in [-0.2, -0.15) is 0 Å². The van der Waals surface area contributed by atoms with Crippen LogP contribution in [0, 0.1) is 10.8 Å². The molecule has 0 saturated heterocycles. The highest BCUT2D eigenvalue weighted by molar-refractivity contribution is 5.02. The Balaban J connectivity index is 5.03. The molecule has 0 radical (unpaired) electrons. The fraction of sp³-hybridized carbons (Fsp3) is 0.889. The van der Waals surface area contributed by atoms with Crippen molar-refractivity contribution in [3.8, 4) is 0 Å². The standard InChI is InChI=1S/C18H36/c1-7-11-14-18(15-12-8-2,16-13-9-3)17(5,6)10-4/h10H,4,7-9,11-16H2,1-3,5-6H3. The Morgan fingerprint density at radius 2 is 1.11 bits per heavy atom. The van der Waals surface area contributed by atoms with Crippen LogP contribution in [0.5, 0.6) is 0 Å². The van der Waals surface area contributed by atoms with Crippen molar-refractivity contribution in [2.24, 2.45) is 10.8 Å². The number of hydrogen-bond acceptors (Lipinski definition) is 0. The fourth-order valence-corrected chi connectivity index (χ4v) is 3.10. The van der Waals surface area contributed by atoms with Gasteiger partial charge in [0.25, 0.3) is 0 Å². The summed E-state index contributed by atoms with van der Waals surface area (Å²) in [6.07, 6.45) is 14.4. The molecule has 0 N–H and O–H groups in total. The van der Waals surface area contributed by atoms with Gasteiger partial charge in [0.1, 0.15) is 0 Å². The van der Waals surface area contributed by atoms with Crippen LogP contribution in [0.2, 0.25) is 0 Å². The monoisotopic (exact) mass is 252 g/mol. The lowest BCUT2D eigenvalue weighted by Crippen LogP contribution is -2.36. The average Bonchev–Trinajstić information content (AvgIpc) is 2.38. The Kier molecular flexibility index (Phi) is 8.65. The van der Waals surface area contributed by atoms with E-state index < -0.39 is 0 Å². The maximum atomic E-state index is 4.12. The number of unbranched alkanes of at least 4 members (excludes halogenated alkanes) is 3. The van der Waals surface area contributed by atoms with Gasteiger partial charge in [0.05, 0.1) is 0 Å². The second-order valence-corrected chi connectivity index (χ2v) is 6.52. The van der Waals surface area contributed by atoms with Crippen molar-refractivity contribution >= 4 is 0 Å². The minimum atomic E-state index is 0.270. The predicted molar refractivity (Wildman–Crippen MR) is 85.0 cm³/mol. The van der Waals surface area contributed by atoms with Gasteiger partial charge in [-0.1, -0.05) is 79.2 Å². The van der Waals surface area contributed by atoms with Crippen molar-refractivity contribution in [1.29, 1.82) is 0 Å². The molecular weight excluding hydrogens is 216 g/mol. The van der Waals surface area contributed by atoms with Crippen LogP contribution in [0.4, 0.5) is 0 Å². The molecule has 0 fully saturated rings. The van der Waals surface area contributed by atoms with Crippen LogP contribution in [0.1, 0.15) is 92.4 Å². The summed E-state index contributed by atoms with van der Waals surface area (Å²) in [5.41, 5.74) is 0.753. The van der Waals surface area contributed by atoms with Crippen LogP contribution in [-0.4, -0.2) is 0 Å². The summed E-state index contributed by atoms with van der Waals surface area (Å²) < 4.78 is 0. The molecule has 0 aliphatic carbocycles. The molecule has 0 aliphatic heterocycles. The van der Waals surface area contributed by atoms with Crippen molar-refractivity contribution in [3.05, 3.63) is 12.7 Å². The van der Waals surface area contributed by atoms with E-state index in [1.54, 1.807) is 0 Å². The van der Waals surface area contributed by atoms with Gasteiger partial charge in [-0.25, -0.2) is 0 Å². The van der Waals surface area contributed by atoms with Crippen molar-refractivity contribution in [1.82, 2.24) is 0 Å². The predicted octanol–water partition coefficient (Wildman–Crippen LogP) is 6.76. The quantitative estimate of drug-likeness (QED) is 0.356. The molecule has 0 spiro atoms. The summed E-state index contributed by atoms with van der Waals surface area (Å²) in [5, 5.41) is 0. The van der Waals surface area contributed by atoms with Crippen molar-refractivity contribution < 1.29 is 0 Å². The number of allylic oxidation sites excluding steroid dienone is 1. The van der Waals surface area contributed by atoms with Crippen molar-refractivity contribution in [2.75, 3.05) is 0 Å². The Morgan fingerprint density at radius 3 is 1.33 bits per heavy atom. The van der Waals surface area contributed by atoms with Crippen LogP contribution < -0.4 is 0 Å². The molecule has 0 nitrogen and oxygen atoms in total. The average molecular weight is 252 g/mol. The summed E-state index contributed by atoms with van der Waals surface area (Å²) in [7, 11) is 0. The molecule has 0 atom stereocenters. The highest BCUT2D eigenvalue weighted by Gasteiger charge is 2.40. The lowest BCUT2D eigenvalue weighted by Gasteiger charge is -2.46. The molecule has 0 aromatic heterocycles. The van der Waals surface area contributed by atoms with E-state index in [4.69, 9.17) is 0 Å². The second-order valence-electron chi connectivity index (χ2n) is 6.52. The topological polar surface area (TPSA) is 0 Å². The SMILES string of the molecule is C=CC(C)(C)C(CCCC)(CCCC)CCCC. The van der Waals surface area contributed by atoms with E-state index in [1.165, 1.54) is 57.8 Å². The first-order valence-corrected chi connectivity index (χ1v) is 8.13. The maximum Gasteiger partial charge on any atom is -0.0121 e. The molecule has 18 heavy (non-hydrogen) atoms. The Hall–Kier alpha value is -0.260. The van der Waals surface area contributed by atoms with E-state index in [-0.39, 0.29) is 5.41 Å². The number of rotatable bonds is 11. The molecule has 0 rings (SSSR count). The highest BCUT2D eigenvalue weighted by Crippen LogP contribution is 2.51. The molecule has 0 heterocycles. The molecule has 0 bridgehead atoms. The van der Waals surface area contributed by atoms with E-state index >= 15 is 0 Å². The van der Waals surface area contributed by atoms with Crippen LogP contribution >= 0.6 is 0 Å². The van der Waals surface area contributed by atoms with Crippen molar-refractivity contribution in [3.63, 3.8) is 0 Å². The molecule has 0 heteroatoms. The zero-order chi connectivity index (χ0) is 14.1. The second kappa shape index (κ2) is 8.77. The number of hydrogen-bond donors (Lipinski definition) is 0. The summed E-state index contributed by atoms with van der Waals surface area (Å²) in [4.78, 5) is 0. The highest BCUT2D eigenvalue weighted by atomic mass is 14.4. The van der Waals surface area contributed by atoms with Crippen LogP contribution in [-0.2, 0) is 0 Å². The summed E-state index contributed by atoms with van der Waals surface area (Å²) in [6.45, 7) is 15.9. The van der Waals surface area contributed by atoms with E-state index in [1.807, 2.05) is 0 Å². The normalized spacial score (nSPS) is 12.7. The minimum Gasteiger partial charge on any atom is -0.103 e. The first kappa shape index (κ1) is 17.7. The maximum absolute atomic E-state index is 4.12. The molecule has 0 aromatic rings. The van der Waals surface area contributed by atoms with Gasteiger partial charge >= 0.3 is 0 Å². The summed E-state index contributed by atoms with van der Waals surface area (Å²) in [6, 6.07) is 0. The summed E-state index contributed by atoms with van der Waals surface area (Å²) >= 11 is 0. The fourth-order valence-electron chi connectivity index (χ4n) is 3.10. The first-order valence-electron chi connectivity index (χ1n) is 8.13. The lowest BCUT2D eigenvalue weighted by atomic mass is 9.58. The van der Waals surface area contributed by atoms with E-state index in [0.29, 0.717) is 5.41 Å². The third-order valence-electron chi connectivity index (χ3n) is 4.90. The third-order valence-corrected chi connectivity index (χ3v) is 4.90. The van der Waals surface area contributed by atoms with Gasteiger partial charge in [0, 0.05) is 0 Å². The van der Waals surface area contributed by atoms with Crippen LogP contribution in [0.25, 0.3) is 0 Å². The zero-order valence-corrected chi connectivity index (χ0v) is 13.6. The Morgan fingerprint density at radius 1 is 0.778 bits per heavy atom. The molecule has 0 unspecified atom stereocenters. The van der Waals surface area contributed by atoms with E-state index in [9.17, 15) is 0 Å². The molecular formula is C18H36. The molecule has 0 aliphatic rings. The van der Waals surface area contributed by atoms with Gasteiger partial charge in [0.15, 0.2) is 0 Å². The zero-order valence-electron chi connectivity index (χ0n) is 13.6. The molecule has 0 amide bonds. The third kappa shape index (κ3) is 4.78. The Labute approximate surface area is 116 Å². The molecule has 0 aromatic carbocycles. The lowest BCUT2D eigenvalue weighted by molar-refractivity contribution is 0.0682. The van der Waals surface area contributed by atoms with Crippen LogP contribution in [0.3, 0.4) is 0 Å².